The largest absolute Gasteiger partial charge is 1.00 e. The van der Waals surface area contributed by atoms with Crippen molar-refractivity contribution >= 4 is 0 Å². The molecule has 0 aliphatic rings. The van der Waals surface area contributed by atoms with Gasteiger partial charge in [-0.1, -0.05) is 114 Å². The number of quaternary nitrogens is 1. The van der Waals surface area contributed by atoms with Crippen LogP contribution in [0.5, 0.6) is 0 Å². The summed E-state index contributed by atoms with van der Waals surface area (Å²) in [4.78, 5) is 1.77. The SMILES string of the molecule is CC[NH+](CC)CCCCCCCCCCCCCCCCCCc1ccccc1.[Cl-]. The lowest BCUT2D eigenvalue weighted by Gasteiger charge is -2.14. The Bertz CT molecular complexity index is 430. The topological polar surface area (TPSA) is 4.44 Å². The highest BCUT2D eigenvalue weighted by Gasteiger charge is 2.01. The van der Waals surface area contributed by atoms with Gasteiger partial charge in [0, 0.05) is 0 Å². The lowest BCUT2D eigenvalue weighted by molar-refractivity contribution is -0.896. The Morgan fingerprint density at radius 2 is 0.867 bits per heavy atom. The second kappa shape index (κ2) is 23.1. The van der Waals surface area contributed by atoms with Gasteiger partial charge in [0.1, 0.15) is 0 Å². The third-order valence-corrected chi connectivity index (χ3v) is 6.59. The summed E-state index contributed by atoms with van der Waals surface area (Å²) in [6.07, 6.45) is 24.5. The molecule has 0 spiro atoms. The molecule has 0 aromatic heterocycles. The third kappa shape index (κ3) is 18.3. The van der Waals surface area contributed by atoms with Gasteiger partial charge in [-0.25, -0.2) is 0 Å². The van der Waals surface area contributed by atoms with E-state index in [1.165, 1.54) is 134 Å². The first-order chi connectivity index (χ1) is 14.4. The second-order valence-corrected chi connectivity index (χ2v) is 9.10. The quantitative estimate of drug-likeness (QED) is 0.272. The molecule has 1 nitrogen and oxygen atoms in total. The van der Waals surface area contributed by atoms with Crippen LogP contribution in [-0.2, 0) is 6.42 Å². The van der Waals surface area contributed by atoms with Gasteiger partial charge in [0.25, 0.3) is 0 Å². The van der Waals surface area contributed by atoms with Crippen molar-refractivity contribution in [2.24, 2.45) is 0 Å². The summed E-state index contributed by atoms with van der Waals surface area (Å²) in [6, 6.07) is 10.9. The summed E-state index contributed by atoms with van der Waals surface area (Å²) >= 11 is 0. The molecule has 0 atom stereocenters. The van der Waals surface area contributed by atoms with Gasteiger partial charge in [-0.05, 0) is 45.1 Å². The van der Waals surface area contributed by atoms with Crippen LogP contribution in [0.25, 0.3) is 0 Å². The van der Waals surface area contributed by atoms with Crippen molar-refractivity contribution in [1.29, 1.82) is 0 Å². The van der Waals surface area contributed by atoms with E-state index in [9.17, 15) is 0 Å². The number of hydrogen-bond acceptors (Lipinski definition) is 0. The van der Waals surface area contributed by atoms with Gasteiger partial charge in [-0.15, -0.1) is 0 Å². The van der Waals surface area contributed by atoms with Crippen LogP contribution in [0.4, 0.5) is 0 Å². The van der Waals surface area contributed by atoms with E-state index in [4.69, 9.17) is 0 Å². The highest BCUT2D eigenvalue weighted by molar-refractivity contribution is 5.14. The molecule has 0 aliphatic carbocycles. The molecule has 0 heterocycles. The zero-order valence-corrected chi connectivity index (χ0v) is 21.2. The normalized spacial score (nSPS) is 11.0. The molecule has 30 heavy (non-hydrogen) atoms. The van der Waals surface area contributed by atoms with E-state index in [0.717, 1.165) is 0 Å². The molecule has 2 heteroatoms. The molecule has 0 unspecified atom stereocenters. The van der Waals surface area contributed by atoms with Gasteiger partial charge in [0.05, 0.1) is 19.6 Å². The van der Waals surface area contributed by atoms with Crippen LogP contribution in [0.15, 0.2) is 30.3 Å². The molecular weight excluding hydrogens is 386 g/mol. The third-order valence-electron chi connectivity index (χ3n) is 6.59. The summed E-state index contributed by atoms with van der Waals surface area (Å²) in [5, 5.41) is 0. The summed E-state index contributed by atoms with van der Waals surface area (Å²) < 4.78 is 0. The van der Waals surface area contributed by atoms with Gasteiger partial charge in [0.2, 0.25) is 0 Å². The molecule has 0 saturated heterocycles. The minimum atomic E-state index is 0. The maximum atomic E-state index is 2.31. The second-order valence-electron chi connectivity index (χ2n) is 9.10. The summed E-state index contributed by atoms with van der Waals surface area (Å²) in [6.45, 7) is 8.61. The molecule has 0 aliphatic heterocycles. The van der Waals surface area contributed by atoms with E-state index in [-0.39, 0.29) is 12.4 Å². The van der Waals surface area contributed by atoms with E-state index < -0.39 is 0 Å². The zero-order chi connectivity index (χ0) is 20.8. The number of rotatable bonds is 21. The predicted molar refractivity (Wildman–Crippen MR) is 131 cm³/mol. The van der Waals surface area contributed by atoms with Crippen molar-refractivity contribution in [3.8, 4) is 0 Å². The Morgan fingerprint density at radius 3 is 1.27 bits per heavy atom. The van der Waals surface area contributed by atoms with Crippen molar-refractivity contribution in [3.63, 3.8) is 0 Å². The first kappa shape index (κ1) is 29.5. The molecule has 176 valence electrons. The summed E-state index contributed by atoms with van der Waals surface area (Å²) in [7, 11) is 0. The predicted octanol–water partition coefficient (Wildman–Crippen LogP) is 4.40. The molecule has 0 radical (unpaired) electrons. The van der Waals surface area contributed by atoms with Crippen LogP contribution in [0.2, 0.25) is 0 Å². The number of benzene rings is 1. The first-order valence-electron chi connectivity index (χ1n) is 13.2. The monoisotopic (exact) mass is 437 g/mol. The molecule has 1 N–H and O–H groups in total. The van der Waals surface area contributed by atoms with Crippen molar-refractivity contribution in [2.75, 3.05) is 19.6 Å². The van der Waals surface area contributed by atoms with Crippen molar-refractivity contribution < 1.29 is 17.3 Å². The fourth-order valence-corrected chi connectivity index (χ4v) is 4.43. The van der Waals surface area contributed by atoms with Gasteiger partial charge in [0.15, 0.2) is 0 Å². The van der Waals surface area contributed by atoms with E-state index >= 15 is 0 Å². The minimum absolute atomic E-state index is 0. The Kier molecular flexibility index (Phi) is 22.7. The maximum absolute atomic E-state index is 2.31. The average molecular weight is 438 g/mol. The lowest BCUT2D eigenvalue weighted by Crippen LogP contribution is -3.11. The van der Waals surface area contributed by atoms with Crippen LogP contribution in [-0.4, -0.2) is 19.6 Å². The number of aryl methyl sites for hydroxylation is 1. The van der Waals surface area contributed by atoms with Gasteiger partial charge in [-0.3, -0.25) is 0 Å². The van der Waals surface area contributed by atoms with Crippen molar-refractivity contribution in [1.82, 2.24) is 0 Å². The van der Waals surface area contributed by atoms with E-state index in [0.29, 0.717) is 0 Å². The highest BCUT2D eigenvalue weighted by atomic mass is 35.5. The number of unbranched alkanes of at least 4 members (excludes halogenated alkanes) is 15. The Labute approximate surface area is 195 Å². The molecule has 0 bridgehead atoms. The molecule has 1 aromatic carbocycles. The number of halogens is 1. The summed E-state index contributed by atoms with van der Waals surface area (Å²) in [5.41, 5.74) is 1.50. The van der Waals surface area contributed by atoms with Gasteiger partial charge >= 0.3 is 0 Å². The smallest absolute Gasteiger partial charge is 0.0770 e. The van der Waals surface area contributed by atoms with Crippen LogP contribution in [0, 0.1) is 0 Å². The zero-order valence-electron chi connectivity index (χ0n) is 20.4. The average Bonchev–Trinajstić information content (AvgIpc) is 2.76. The lowest BCUT2D eigenvalue weighted by atomic mass is 10.0. The van der Waals surface area contributed by atoms with Crippen LogP contribution in [0.1, 0.15) is 122 Å². The van der Waals surface area contributed by atoms with Crippen LogP contribution in [0.3, 0.4) is 0 Å². The van der Waals surface area contributed by atoms with E-state index in [1.807, 2.05) is 0 Å². The Morgan fingerprint density at radius 1 is 0.500 bits per heavy atom. The first-order valence-corrected chi connectivity index (χ1v) is 13.2. The van der Waals surface area contributed by atoms with Crippen LogP contribution >= 0.6 is 0 Å². The fraction of sp³-hybridized carbons (Fsp3) is 0.786. The fourth-order valence-electron chi connectivity index (χ4n) is 4.43. The van der Waals surface area contributed by atoms with Gasteiger partial charge < -0.3 is 17.3 Å². The molecule has 0 saturated carbocycles. The van der Waals surface area contributed by atoms with Gasteiger partial charge in [-0.2, -0.15) is 0 Å². The highest BCUT2D eigenvalue weighted by Crippen LogP contribution is 2.14. The Balaban J connectivity index is 0.00000841. The molecule has 0 fully saturated rings. The Hall–Kier alpha value is -0.530. The molecular formula is C28H52ClN. The van der Waals surface area contributed by atoms with Crippen molar-refractivity contribution in [2.45, 2.75) is 123 Å². The molecule has 1 rings (SSSR count). The minimum Gasteiger partial charge on any atom is -1.00 e. The number of nitrogens with one attached hydrogen (secondary N) is 1. The van der Waals surface area contributed by atoms with E-state index in [2.05, 4.69) is 44.2 Å². The number of hydrogen-bond donors (Lipinski definition) is 1. The summed E-state index contributed by atoms with van der Waals surface area (Å²) in [5.74, 6) is 0. The standard InChI is InChI=1S/C28H51N.ClH/c1-3-29(4-2)27-23-18-16-14-12-10-8-6-5-7-9-11-13-15-17-20-24-28-25-21-19-22-26-28;/h19,21-22,25-26H,3-18,20,23-24,27H2,1-2H3;1H. The van der Waals surface area contributed by atoms with Crippen molar-refractivity contribution in [3.05, 3.63) is 35.9 Å². The molecule has 1 aromatic rings. The molecule has 0 amide bonds. The maximum Gasteiger partial charge on any atom is 0.0770 e. The van der Waals surface area contributed by atoms with E-state index in [1.54, 1.807) is 4.90 Å². The van der Waals surface area contributed by atoms with Crippen LogP contribution < -0.4 is 17.3 Å².